The number of aliphatic imine (C=N–C) groups is 1. The molecular formula is C23H15ClN4OS2. The van der Waals surface area contributed by atoms with Gasteiger partial charge in [0, 0.05) is 27.7 Å². The Morgan fingerprint density at radius 3 is 2.77 bits per heavy atom. The van der Waals surface area contributed by atoms with Gasteiger partial charge in [-0.3, -0.25) is 14.8 Å². The Kier molecular flexibility index (Phi) is 5.55. The van der Waals surface area contributed by atoms with Crippen LogP contribution >= 0.6 is 34.7 Å². The molecule has 4 heterocycles. The Labute approximate surface area is 192 Å². The largest absolute Gasteiger partial charge is 0.346 e. The SMILES string of the molecule is O=C(NCc1ccccn1)c1ccc2c(c1)N=C(c1ccc(Cl)cn1)c1sccc1S2. The molecule has 31 heavy (non-hydrogen) atoms. The van der Waals surface area contributed by atoms with E-state index in [9.17, 15) is 4.79 Å². The maximum atomic E-state index is 12.7. The van der Waals surface area contributed by atoms with Crippen LogP contribution in [0.3, 0.4) is 0 Å². The molecule has 1 amide bonds. The van der Waals surface area contributed by atoms with Gasteiger partial charge in [-0.05, 0) is 53.9 Å². The molecule has 1 N–H and O–H groups in total. The van der Waals surface area contributed by atoms with Gasteiger partial charge in [0.25, 0.3) is 5.91 Å². The van der Waals surface area contributed by atoms with E-state index in [-0.39, 0.29) is 5.91 Å². The number of nitrogens with zero attached hydrogens (tertiary/aromatic N) is 3. The second-order valence-electron chi connectivity index (χ2n) is 6.72. The van der Waals surface area contributed by atoms with Crippen molar-refractivity contribution in [2.75, 3.05) is 0 Å². The highest BCUT2D eigenvalue weighted by Gasteiger charge is 2.22. The molecule has 0 aliphatic carbocycles. The van der Waals surface area contributed by atoms with Gasteiger partial charge in [-0.15, -0.1) is 11.3 Å². The van der Waals surface area contributed by atoms with Crippen molar-refractivity contribution < 1.29 is 4.79 Å². The summed E-state index contributed by atoms with van der Waals surface area (Å²) in [6.45, 7) is 0.367. The van der Waals surface area contributed by atoms with Crippen LogP contribution in [-0.2, 0) is 6.54 Å². The normalized spacial score (nSPS) is 12.4. The van der Waals surface area contributed by atoms with Gasteiger partial charge >= 0.3 is 0 Å². The summed E-state index contributed by atoms with van der Waals surface area (Å²) < 4.78 is 0. The zero-order valence-electron chi connectivity index (χ0n) is 16.1. The van der Waals surface area contributed by atoms with E-state index in [0.717, 1.165) is 37.5 Å². The average molecular weight is 463 g/mol. The minimum atomic E-state index is -0.168. The Morgan fingerprint density at radius 2 is 1.97 bits per heavy atom. The zero-order chi connectivity index (χ0) is 21.2. The molecule has 0 atom stereocenters. The van der Waals surface area contributed by atoms with Gasteiger partial charge in [-0.1, -0.05) is 29.4 Å². The molecule has 0 bridgehead atoms. The van der Waals surface area contributed by atoms with Crippen LogP contribution in [-0.4, -0.2) is 21.6 Å². The van der Waals surface area contributed by atoms with Gasteiger partial charge in [-0.25, -0.2) is 4.99 Å². The van der Waals surface area contributed by atoms with E-state index in [1.54, 1.807) is 41.6 Å². The van der Waals surface area contributed by atoms with Crippen molar-refractivity contribution >= 4 is 52.0 Å². The van der Waals surface area contributed by atoms with Crippen molar-refractivity contribution in [3.63, 3.8) is 0 Å². The number of rotatable bonds is 4. The highest BCUT2D eigenvalue weighted by Crippen LogP contribution is 2.43. The summed E-state index contributed by atoms with van der Waals surface area (Å²) in [5, 5.41) is 5.54. The predicted molar refractivity (Wildman–Crippen MR) is 125 cm³/mol. The molecule has 5 nitrogen and oxygen atoms in total. The quantitative estimate of drug-likeness (QED) is 0.369. The Balaban J connectivity index is 1.49. The molecule has 1 aliphatic rings. The van der Waals surface area contributed by atoms with Crippen LogP contribution in [0.4, 0.5) is 5.69 Å². The molecule has 0 saturated carbocycles. The third-order valence-corrected chi connectivity index (χ3v) is 7.04. The molecule has 0 radical (unpaired) electrons. The summed E-state index contributed by atoms with van der Waals surface area (Å²) in [5.41, 5.74) is 3.61. The monoisotopic (exact) mass is 462 g/mol. The Bertz CT molecular complexity index is 1290. The van der Waals surface area contributed by atoms with Crippen LogP contribution in [0.2, 0.25) is 5.02 Å². The number of amides is 1. The van der Waals surface area contributed by atoms with Crippen LogP contribution < -0.4 is 5.32 Å². The number of hydrogen-bond acceptors (Lipinski definition) is 6. The van der Waals surface area contributed by atoms with Gasteiger partial charge in [-0.2, -0.15) is 0 Å². The number of fused-ring (bicyclic) bond motifs is 2. The molecule has 5 rings (SSSR count). The first-order chi connectivity index (χ1) is 15.2. The second-order valence-corrected chi connectivity index (χ2v) is 9.16. The fourth-order valence-corrected chi connectivity index (χ4v) is 5.30. The van der Waals surface area contributed by atoms with Crippen molar-refractivity contribution in [3.05, 3.63) is 99.2 Å². The summed E-state index contributed by atoms with van der Waals surface area (Å²) in [5.74, 6) is -0.168. The summed E-state index contributed by atoms with van der Waals surface area (Å²) in [6, 6.07) is 17.0. The van der Waals surface area contributed by atoms with Crippen molar-refractivity contribution in [2.45, 2.75) is 16.3 Å². The molecule has 3 aromatic heterocycles. The van der Waals surface area contributed by atoms with Gasteiger partial charge in [0.15, 0.2) is 0 Å². The summed E-state index contributed by atoms with van der Waals surface area (Å²) in [6.07, 6.45) is 3.33. The van der Waals surface area contributed by atoms with E-state index in [1.807, 2.05) is 47.8 Å². The van der Waals surface area contributed by atoms with Crippen LogP contribution in [0.25, 0.3) is 0 Å². The lowest BCUT2D eigenvalue weighted by Crippen LogP contribution is -2.23. The Morgan fingerprint density at radius 1 is 1.03 bits per heavy atom. The molecule has 8 heteroatoms. The number of hydrogen-bond donors (Lipinski definition) is 1. The first-order valence-corrected chi connectivity index (χ1v) is 11.5. The number of nitrogens with one attached hydrogen (secondary N) is 1. The number of thiophene rings is 1. The first-order valence-electron chi connectivity index (χ1n) is 9.46. The van der Waals surface area contributed by atoms with Gasteiger partial charge in [0.1, 0.15) is 5.71 Å². The minimum absolute atomic E-state index is 0.168. The average Bonchev–Trinajstić information content (AvgIpc) is 3.20. The molecule has 152 valence electrons. The smallest absolute Gasteiger partial charge is 0.251 e. The highest BCUT2D eigenvalue weighted by atomic mass is 35.5. The van der Waals surface area contributed by atoms with Gasteiger partial charge in [0.2, 0.25) is 0 Å². The van der Waals surface area contributed by atoms with Crippen LogP contribution in [0.5, 0.6) is 0 Å². The maximum absolute atomic E-state index is 12.7. The predicted octanol–water partition coefficient (Wildman–Crippen LogP) is 5.76. The second kappa shape index (κ2) is 8.63. The highest BCUT2D eigenvalue weighted by molar-refractivity contribution is 7.99. The lowest BCUT2D eigenvalue weighted by atomic mass is 10.1. The minimum Gasteiger partial charge on any atom is -0.346 e. The van der Waals surface area contributed by atoms with Crippen molar-refractivity contribution in [1.82, 2.24) is 15.3 Å². The third-order valence-electron chi connectivity index (χ3n) is 4.64. The van der Waals surface area contributed by atoms with E-state index in [0.29, 0.717) is 17.1 Å². The molecule has 1 aliphatic heterocycles. The number of aromatic nitrogens is 2. The summed E-state index contributed by atoms with van der Waals surface area (Å²) in [4.78, 5) is 29.5. The fraction of sp³-hybridized carbons (Fsp3) is 0.0435. The molecular weight excluding hydrogens is 448 g/mol. The summed E-state index contributed by atoms with van der Waals surface area (Å²) >= 11 is 9.28. The third kappa shape index (κ3) is 4.25. The summed E-state index contributed by atoms with van der Waals surface area (Å²) in [7, 11) is 0. The van der Waals surface area contributed by atoms with E-state index in [1.165, 1.54) is 0 Å². The molecule has 0 unspecified atom stereocenters. The van der Waals surface area contributed by atoms with Crippen molar-refractivity contribution in [2.24, 2.45) is 4.99 Å². The van der Waals surface area contributed by atoms with E-state index < -0.39 is 0 Å². The van der Waals surface area contributed by atoms with Crippen LogP contribution in [0.1, 0.15) is 26.6 Å². The van der Waals surface area contributed by atoms with Crippen molar-refractivity contribution in [1.29, 1.82) is 0 Å². The number of pyridine rings is 2. The molecule has 0 spiro atoms. The van der Waals surface area contributed by atoms with E-state index in [2.05, 4.69) is 21.4 Å². The first kappa shape index (κ1) is 19.9. The fourth-order valence-electron chi connectivity index (χ4n) is 3.14. The zero-order valence-corrected chi connectivity index (χ0v) is 18.5. The molecule has 4 aromatic rings. The number of carbonyl (C=O) groups is 1. The molecule has 0 saturated heterocycles. The van der Waals surface area contributed by atoms with Gasteiger partial charge < -0.3 is 5.32 Å². The maximum Gasteiger partial charge on any atom is 0.251 e. The van der Waals surface area contributed by atoms with Gasteiger partial charge in [0.05, 0.1) is 33.5 Å². The topological polar surface area (TPSA) is 67.2 Å². The Hall–Kier alpha value is -3.00. The standard InChI is InChI=1S/C23H15ClN4OS2/c24-15-5-6-17(26-12-15)21-22-20(8-10-30-22)31-19-7-4-14(11-18(19)28-21)23(29)27-13-16-3-1-2-9-25-16/h1-12H,13H2,(H,27,29). The van der Waals surface area contributed by atoms with Crippen LogP contribution in [0.15, 0.2) is 87.2 Å². The molecule has 0 fully saturated rings. The van der Waals surface area contributed by atoms with E-state index in [4.69, 9.17) is 16.6 Å². The molecule has 1 aromatic carbocycles. The van der Waals surface area contributed by atoms with Crippen molar-refractivity contribution in [3.8, 4) is 0 Å². The van der Waals surface area contributed by atoms with E-state index >= 15 is 0 Å². The number of carbonyl (C=O) groups excluding carboxylic acids is 1. The number of halogens is 1. The number of benzene rings is 1. The lowest BCUT2D eigenvalue weighted by Gasteiger charge is -2.08. The van der Waals surface area contributed by atoms with Crippen LogP contribution in [0, 0.1) is 0 Å². The lowest BCUT2D eigenvalue weighted by molar-refractivity contribution is 0.0950.